The van der Waals surface area contributed by atoms with E-state index in [4.69, 9.17) is 0 Å². The fraction of sp³-hybridized carbons (Fsp3) is 0.906. The van der Waals surface area contributed by atoms with Crippen molar-refractivity contribution >= 4 is 5.91 Å². The second-order valence-corrected chi connectivity index (χ2v) is 15.2. The monoisotopic (exact) mass is 499 g/mol. The molecule has 4 nitrogen and oxygen atoms in total. The Morgan fingerprint density at radius 3 is 2.17 bits per heavy atom. The van der Waals surface area contributed by atoms with Crippen molar-refractivity contribution in [1.29, 1.82) is 0 Å². The van der Waals surface area contributed by atoms with E-state index >= 15 is 0 Å². The van der Waals surface area contributed by atoms with Crippen LogP contribution < -0.4 is 5.32 Å². The maximum Gasteiger partial charge on any atom is 0.217 e. The minimum Gasteiger partial charge on any atom is -0.396 e. The van der Waals surface area contributed by atoms with Gasteiger partial charge in [-0.05, 0) is 122 Å². The Labute approximate surface area is 220 Å². The number of allylic oxidation sites excluding steroid dienone is 1. The van der Waals surface area contributed by atoms with Crippen LogP contribution in [0.5, 0.6) is 0 Å². The van der Waals surface area contributed by atoms with Crippen molar-refractivity contribution in [2.75, 3.05) is 13.2 Å². The SMILES string of the molecule is C=C(C)[C@@H]1CC[C@]2(CO)CC[C@]3(C)[C@H](CC[C@@H]4[C@@]5(C)CCC(NC(C)=O)[C@@](C)(CO)[C@@H]5CC[C@]43C)[C@@H]12. The highest BCUT2D eigenvalue weighted by molar-refractivity contribution is 5.73. The summed E-state index contributed by atoms with van der Waals surface area (Å²) >= 11 is 0. The molecule has 5 fully saturated rings. The van der Waals surface area contributed by atoms with Crippen LogP contribution in [0.4, 0.5) is 0 Å². The van der Waals surface area contributed by atoms with Crippen LogP contribution in [-0.4, -0.2) is 35.4 Å². The lowest BCUT2D eigenvalue weighted by Crippen LogP contribution is -2.68. The average Bonchev–Trinajstić information content (AvgIpc) is 3.22. The summed E-state index contributed by atoms with van der Waals surface area (Å²) in [4.78, 5) is 12.0. The number of hydrogen-bond donors (Lipinski definition) is 3. The standard InChI is InChI=1S/C32H53NO3/c1-20(2)22-10-15-32(19-35)17-16-30(6)23(27(22)32)8-9-25-28(4)13-12-26(33-21(3)36)29(5,18-34)24(28)11-14-31(25,30)7/h22-27,34-35H,1,8-19H2,2-7H3,(H,33,36)/t22-,23+,24+,25+,26?,27+,28-,29-,30+,31+,32+/m0/s1. The zero-order valence-electron chi connectivity index (χ0n) is 24.0. The predicted molar refractivity (Wildman–Crippen MR) is 145 cm³/mol. The molecule has 36 heavy (non-hydrogen) atoms. The van der Waals surface area contributed by atoms with E-state index in [-0.39, 0.29) is 45.6 Å². The van der Waals surface area contributed by atoms with E-state index in [0.29, 0.717) is 36.2 Å². The molecule has 5 aliphatic rings. The van der Waals surface area contributed by atoms with Crippen LogP contribution in [0.15, 0.2) is 12.2 Å². The van der Waals surface area contributed by atoms with Gasteiger partial charge in [-0.25, -0.2) is 0 Å². The van der Waals surface area contributed by atoms with Gasteiger partial charge in [0, 0.05) is 25.0 Å². The third-order valence-electron chi connectivity index (χ3n) is 14.1. The fourth-order valence-electron chi connectivity index (χ4n) is 12.1. The molecular formula is C32H53NO3. The molecule has 0 saturated heterocycles. The van der Waals surface area contributed by atoms with E-state index in [9.17, 15) is 15.0 Å². The number of amides is 1. The second kappa shape index (κ2) is 8.57. The molecule has 204 valence electrons. The molecule has 11 atom stereocenters. The first-order valence-electron chi connectivity index (χ1n) is 15.0. The maximum atomic E-state index is 12.0. The van der Waals surface area contributed by atoms with Gasteiger partial charge in [-0.1, -0.05) is 39.8 Å². The van der Waals surface area contributed by atoms with Crippen molar-refractivity contribution in [1.82, 2.24) is 5.32 Å². The Bertz CT molecular complexity index is 917. The normalized spacial score (nSPS) is 54.0. The molecule has 5 saturated carbocycles. The van der Waals surface area contributed by atoms with Gasteiger partial charge >= 0.3 is 0 Å². The van der Waals surface area contributed by atoms with Crippen molar-refractivity contribution in [3.8, 4) is 0 Å². The summed E-state index contributed by atoms with van der Waals surface area (Å²) in [5.41, 5.74) is 1.88. The van der Waals surface area contributed by atoms with Crippen LogP contribution in [0.2, 0.25) is 0 Å². The number of carbonyl (C=O) groups excluding carboxylic acids is 1. The van der Waals surface area contributed by atoms with E-state index in [0.717, 1.165) is 32.1 Å². The zero-order chi connectivity index (χ0) is 26.3. The average molecular weight is 500 g/mol. The largest absolute Gasteiger partial charge is 0.396 e. The van der Waals surface area contributed by atoms with Crippen LogP contribution in [0.25, 0.3) is 0 Å². The van der Waals surface area contributed by atoms with Crippen molar-refractivity contribution < 1.29 is 15.0 Å². The van der Waals surface area contributed by atoms with E-state index in [1.165, 1.54) is 37.7 Å². The summed E-state index contributed by atoms with van der Waals surface area (Å²) in [6, 6.07) is 0.0593. The third kappa shape index (κ3) is 3.28. The Morgan fingerprint density at radius 1 is 0.833 bits per heavy atom. The molecule has 0 bridgehead atoms. The van der Waals surface area contributed by atoms with Crippen LogP contribution in [0, 0.1) is 56.7 Å². The van der Waals surface area contributed by atoms with Gasteiger partial charge in [0.1, 0.15) is 0 Å². The van der Waals surface area contributed by atoms with Gasteiger partial charge in [-0.2, -0.15) is 0 Å². The molecule has 0 spiro atoms. The highest BCUT2D eigenvalue weighted by Crippen LogP contribution is 2.77. The third-order valence-corrected chi connectivity index (χ3v) is 14.1. The topological polar surface area (TPSA) is 69.6 Å². The first kappa shape index (κ1) is 26.7. The van der Waals surface area contributed by atoms with Gasteiger partial charge in [-0.15, -0.1) is 0 Å². The zero-order valence-corrected chi connectivity index (χ0v) is 24.0. The number of carbonyl (C=O) groups is 1. The smallest absolute Gasteiger partial charge is 0.217 e. The molecule has 1 unspecified atom stereocenters. The van der Waals surface area contributed by atoms with Crippen LogP contribution in [0.1, 0.15) is 106 Å². The lowest BCUT2D eigenvalue weighted by molar-refractivity contribution is -0.245. The summed E-state index contributed by atoms with van der Waals surface area (Å²) in [7, 11) is 0. The molecule has 1 amide bonds. The van der Waals surface area contributed by atoms with Gasteiger partial charge in [0.25, 0.3) is 0 Å². The molecule has 0 radical (unpaired) electrons. The molecule has 0 aliphatic heterocycles. The van der Waals surface area contributed by atoms with Crippen molar-refractivity contribution in [3.63, 3.8) is 0 Å². The van der Waals surface area contributed by atoms with Crippen LogP contribution in [-0.2, 0) is 4.79 Å². The summed E-state index contributed by atoms with van der Waals surface area (Å²) in [6.07, 6.45) is 11.7. The molecule has 4 heteroatoms. The Balaban J connectivity index is 1.52. The second-order valence-electron chi connectivity index (χ2n) is 15.2. The maximum absolute atomic E-state index is 12.0. The summed E-state index contributed by atoms with van der Waals surface area (Å²) in [5.74, 6) is 2.87. The lowest BCUT2D eigenvalue weighted by atomic mass is 9.32. The summed E-state index contributed by atoms with van der Waals surface area (Å²) < 4.78 is 0. The molecular weight excluding hydrogens is 446 g/mol. The highest BCUT2D eigenvalue weighted by atomic mass is 16.3. The van der Waals surface area contributed by atoms with E-state index < -0.39 is 0 Å². The van der Waals surface area contributed by atoms with E-state index in [1.54, 1.807) is 6.92 Å². The quantitative estimate of drug-likeness (QED) is 0.409. The van der Waals surface area contributed by atoms with Gasteiger partial charge in [0.05, 0.1) is 6.61 Å². The number of hydrogen-bond acceptors (Lipinski definition) is 3. The Morgan fingerprint density at radius 2 is 1.56 bits per heavy atom. The van der Waals surface area contributed by atoms with E-state index in [1.807, 2.05) is 0 Å². The molecule has 5 aliphatic carbocycles. The number of nitrogens with one attached hydrogen (secondary N) is 1. The van der Waals surface area contributed by atoms with Gasteiger partial charge < -0.3 is 15.5 Å². The molecule has 5 rings (SSSR count). The number of aliphatic hydroxyl groups is 2. The Kier molecular flexibility index (Phi) is 6.36. The molecule has 0 aromatic heterocycles. The molecule has 0 heterocycles. The minimum absolute atomic E-state index is 0.0233. The Hall–Kier alpha value is -0.870. The van der Waals surface area contributed by atoms with Gasteiger partial charge in [-0.3, -0.25) is 4.79 Å². The van der Waals surface area contributed by atoms with Crippen LogP contribution >= 0.6 is 0 Å². The fourth-order valence-corrected chi connectivity index (χ4v) is 12.1. The first-order valence-corrected chi connectivity index (χ1v) is 15.0. The molecule has 0 aromatic rings. The van der Waals surface area contributed by atoms with Crippen molar-refractivity contribution in [2.45, 2.75) is 112 Å². The molecule has 3 N–H and O–H groups in total. The van der Waals surface area contributed by atoms with Gasteiger partial charge in [0.2, 0.25) is 5.91 Å². The first-order chi connectivity index (χ1) is 16.8. The summed E-state index contributed by atoms with van der Waals surface area (Å²) in [5, 5.41) is 24.7. The molecule has 0 aromatic carbocycles. The number of rotatable bonds is 4. The number of aliphatic hydroxyl groups excluding tert-OH is 2. The minimum atomic E-state index is -0.271. The number of fused-ring (bicyclic) bond motifs is 7. The van der Waals surface area contributed by atoms with Crippen molar-refractivity contribution in [2.24, 2.45) is 56.7 Å². The van der Waals surface area contributed by atoms with Gasteiger partial charge in [0.15, 0.2) is 0 Å². The van der Waals surface area contributed by atoms with Crippen molar-refractivity contribution in [3.05, 3.63) is 12.2 Å². The van der Waals surface area contributed by atoms with E-state index in [2.05, 4.69) is 46.5 Å². The lowest BCUT2D eigenvalue weighted by Gasteiger charge is -2.73. The van der Waals surface area contributed by atoms with Crippen LogP contribution in [0.3, 0.4) is 0 Å². The summed E-state index contributed by atoms with van der Waals surface area (Å²) in [6.45, 7) is 18.8. The predicted octanol–water partition coefficient (Wildman–Crippen LogP) is 6.11. The highest BCUT2D eigenvalue weighted by Gasteiger charge is 2.71.